The molecule has 102 valence electrons. The normalized spacial score (nSPS) is 17.9. The van der Waals surface area contributed by atoms with Gasteiger partial charge in [0.1, 0.15) is 0 Å². The quantitative estimate of drug-likeness (QED) is 0.841. The van der Waals surface area contributed by atoms with E-state index >= 15 is 0 Å². The third-order valence-corrected chi connectivity index (χ3v) is 5.54. The Balaban J connectivity index is 2.02. The molecule has 1 aliphatic rings. The molecule has 1 fully saturated rings. The topological polar surface area (TPSA) is 55.2 Å². The molecule has 0 N–H and O–H groups in total. The van der Waals surface area contributed by atoms with Crippen LogP contribution in [0.2, 0.25) is 0 Å². The number of hydrogen-bond acceptors (Lipinski definition) is 3. The van der Waals surface area contributed by atoms with Crippen molar-refractivity contribution in [2.24, 2.45) is 7.05 Å². The van der Waals surface area contributed by atoms with Gasteiger partial charge in [0.05, 0.1) is 22.3 Å². The Morgan fingerprint density at radius 1 is 1.16 bits per heavy atom. The van der Waals surface area contributed by atoms with E-state index < -0.39 is 10.0 Å². The van der Waals surface area contributed by atoms with Crippen molar-refractivity contribution in [1.29, 1.82) is 0 Å². The van der Waals surface area contributed by atoms with Crippen LogP contribution in [0.4, 0.5) is 0 Å². The van der Waals surface area contributed by atoms with E-state index in [2.05, 4.69) is 4.98 Å². The number of imidazole rings is 1. The average molecular weight is 279 g/mol. The van der Waals surface area contributed by atoms with E-state index in [4.69, 9.17) is 0 Å². The minimum Gasteiger partial charge on any atom is -0.334 e. The Kier molecular flexibility index (Phi) is 3.06. The van der Waals surface area contributed by atoms with Crippen molar-refractivity contribution >= 4 is 21.1 Å². The van der Waals surface area contributed by atoms with E-state index in [1.165, 1.54) is 0 Å². The molecule has 0 aliphatic carbocycles. The summed E-state index contributed by atoms with van der Waals surface area (Å²) in [7, 11) is -1.46. The molecule has 3 rings (SSSR count). The van der Waals surface area contributed by atoms with Crippen molar-refractivity contribution in [2.75, 3.05) is 13.1 Å². The largest absolute Gasteiger partial charge is 0.334 e. The number of aromatic nitrogens is 2. The summed E-state index contributed by atoms with van der Waals surface area (Å²) < 4.78 is 28.5. The minimum atomic E-state index is -3.36. The van der Waals surface area contributed by atoms with Gasteiger partial charge in [0.25, 0.3) is 0 Å². The summed E-state index contributed by atoms with van der Waals surface area (Å²) in [6, 6.07) is 5.16. The second kappa shape index (κ2) is 4.61. The molecular formula is C13H17N3O2S. The van der Waals surface area contributed by atoms with Crippen LogP contribution in [0.15, 0.2) is 29.4 Å². The van der Waals surface area contributed by atoms with Crippen LogP contribution in [0.25, 0.3) is 11.0 Å². The van der Waals surface area contributed by atoms with Crippen LogP contribution in [-0.4, -0.2) is 35.4 Å². The average Bonchev–Trinajstić information content (AvgIpc) is 2.81. The summed E-state index contributed by atoms with van der Waals surface area (Å²) in [6.07, 6.45) is 4.71. The zero-order valence-corrected chi connectivity index (χ0v) is 11.7. The Labute approximate surface area is 112 Å². The van der Waals surface area contributed by atoms with Gasteiger partial charge in [-0.3, -0.25) is 0 Å². The molecule has 0 radical (unpaired) electrons. The monoisotopic (exact) mass is 279 g/mol. The highest BCUT2D eigenvalue weighted by Crippen LogP contribution is 2.23. The lowest BCUT2D eigenvalue weighted by molar-refractivity contribution is 0.346. The van der Waals surface area contributed by atoms with Gasteiger partial charge in [-0.25, -0.2) is 13.4 Å². The molecule has 5 nitrogen and oxygen atoms in total. The number of aryl methyl sites for hydroxylation is 1. The molecule has 2 aromatic rings. The number of hydrogen-bond donors (Lipinski definition) is 0. The van der Waals surface area contributed by atoms with Crippen LogP contribution in [-0.2, 0) is 17.1 Å². The van der Waals surface area contributed by atoms with Crippen molar-refractivity contribution in [3.63, 3.8) is 0 Å². The molecule has 0 amide bonds. The molecule has 1 aromatic carbocycles. The lowest BCUT2D eigenvalue weighted by atomic mass is 10.2. The van der Waals surface area contributed by atoms with E-state index in [0.717, 1.165) is 30.3 Å². The lowest BCUT2D eigenvalue weighted by Crippen LogP contribution is -2.35. The van der Waals surface area contributed by atoms with Crippen LogP contribution < -0.4 is 0 Å². The van der Waals surface area contributed by atoms with Crippen molar-refractivity contribution in [2.45, 2.75) is 24.2 Å². The van der Waals surface area contributed by atoms with Crippen molar-refractivity contribution in [1.82, 2.24) is 13.9 Å². The van der Waals surface area contributed by atoms with E-state index in [9.17, 15) is 8.42 Å². The van der Waals surface area contributed by atoms with Gasteiger partial charge in [-0.15, -0.1) is 0 Å². The van der Waals surface area contributed by atoms with Gasteiger partial charge in [0, 0.05) is 20.1 Å². The minimum absolute atomic E-state index is 0.348. The van der Waals surface area contributed by atoms with Crippen molar-refractivity contribution < 1.29 is 8.42 Å². The zero-order chi connectivity index (χ0) is 13.5. The second-order valence-corrected chi connectivity index (χ2v) is 6.91. The van der Waals surface area contributed by atoms with E-state index in [-0.39, 0.29) is 0 Å². The maximum absolute atomic E-state index is 12.5. The fourth-order valence-corrected chi connectivity index (χ4v) is 4.07. The van der Waals surface area contributed by atoms with Gasteiger partial charge in [-0.1, -0.05) is 6.42 Å². The fraction of sp³-hybridized carbons (Fsp3) is 0.462. The molecule has 19 heavy (non-hydrogen) atoms. The Morgan fingerprint density at radius 2 is 1.89 bits per heavy atom. The highest BCUT2D eigenvalue weighted by Gasteiger charge is 2.26. The Bertz CT molecular complexity index is 700. The summed E-state index contributed by atoms with van der Waals surface area (Å²) in [5.74, 6) is 0. The summed E-state index contributed by atoms with van der Waals surface area (Å²) in [6.45, 7) is 1.26. The summed E-state index contributed by atoms with van der Waals surface area (Å²) in [5, 5.41) is 0. The molecule has 6 heteroatoms. The van der Waals surface area contributed by atoms with Crippen LogP contribution in [0.3, 0.4) is 0 Å². The lowest BCUT2D eigenvalue weighted by Gasteiger charge is -2.25. The molecule has 0 spiro atoms. The van der Waals surface area contributed by atoms with Crippen LogP contribution >= 0.6 is 0 Å². The van der Waals surface area contributed by atoms with Crippen LogP contribution in [0.1, 0.15) is 19.3 Å². The molecule has 0 saturated carbocycles. The highest BCUT2D eigenvalue weighted by atomic mass is 32.2. The van der Waals surface area contributed by atoms with Gasteiger partial charge in [-0.05, 0) is 31.0 Å². The number of fused-ring (bicyclic) bond motifs is 1. The predicted molar refractivity (Wildman–Crippen MR) is 73.3 cm³/mol. The van der Waals surface area contributed by atoms with E-state index in [0.29, 0.717) is 18.0 Å². The fourth-order valence-electron chi connectivity index (χ4n) is 2.53. The molecule has 1 aliphatic heterocycles. The van der Waals surface area contributed by atoms with Crippen LogP contribution in [0, 0.1) is 0 Å². The first-order chi connectivity index (χ1) is 9.09. The van der Waals surface area contributed by atoms with Gasteiger partial charge in [0.15, 0.2) is 0 Å². The maximum Gasteiger partial charge on any atom is 0.243 e. The standard InChI is InChI=1S/C13H17N3O2S/c1-15-10-14-12-9-11(5-6-13(12)15)19(17,18)16-7-3-2-4-8-16/h5-6,9-10H,2-4,7-8H2,1H3. The van der Waals surface area contributed by atoms with Crippen molar-refractivity contribution in [3.8, 4) is 0 Å². The number of rotatable bonds is 2. The number of sulfonamides is 1. The molecule has 0 atom stereocenters. The van der Waals surface area contributed by atoms with Gasteiger partial charge in [-0.2, -0.15) is 4.31 Å². The summed E-state index contributed by atoms with van der Waals surface area (Å²) in [4.78, 5) is 4.57. The SMILES string of the molecule is Cn1cnc2cc(S(=O)(=O)N3CCCCC3)ccc21. The number of nitrogens with zero attached hydrogens (tertiary/aromatic N) is 3. The first kappa shape index (κ1) is 12.6. The molecular weight excluding hydrogens is 262 g/mol. The first-order valence-corrected chi connectivity index (χ1v) is 7.94. The highest BCUT2D eigenvalue weighted by molar-refractivity contribution is 7.89. The molecule has 0 unspecified atom stereocenters. The molecule has 1 saturated heterocycles. The molecule has 2 heterocycles. The number of piperidine rings is 1. The Hall–Kier alpha value is -1.40. The maximum atomic E-state index is 12.5. The first-order valence-electron chi connectivity index (χ1n) is 6.50. The smallest absolute Gasteiger partial charge is 0.243 e. The van der Waals surface area contributed by atoms with Crippen molar-refractivity contribution in [3.05, 3.63) is 24.5 Å². The third kappa shape index (κ3) is 2.15. The van der Waals surface area contributed by atoms with Gasteiger partial charge >= 0.3 is 0 Å². The second-order valence-electron chi connectivity index (χ2n) is 4.97. The molecule has 1 aromatic heterocycles. The van der Waals surface area contributed by atoms with E-state index in [1.54, 1.807) is 22.8 Å². The summed E-state index contributed by atoms with van der Waals surface area (Å²) in [5.41, 5.74) is 1.66. The van der Waals surface area contributed by atoms with Crippen LogP contribution in [0.5, 0.6) is 0 Å². The third-order valence-electron chi connectivity index (χ3n) is 3.65. The molecule has 0 bridgehead atoms. The number of benzene rings is 1. The summed E-state index contributed by atoms with van der Waals surface area (Å²) >= 11 is 0. The van der Waals surface area contributed by atoms with Gasteiger partial charge in [0.2, 0.25) is 10.0 Å². The van der Waals surface area contributed by atoms with E-state index in [1.807, 2.05) is 17.7 Å². The van der Waals surface area contributed by atoms with Gasteiger partial charge < -0.3 is 4.57 Å². The zero-order valence-electron chi connectivity index (χ0n) is 10.9. The Morgan fingerprint density at radius 3 is 2.63 bits per heavy atom. The predicted octanol–water partition coefficient (Wildman–Crippen LogP) is 1.75.